The molecular weight excluding hydrogens is 315 g/mol. The van der Waals surface area contributed by atoms with E-state index in [1.165, 1.54) is 0 Å². The summed E-state index contributed by atoms with van der Waals surface area (Å²) in [5, 5.41) is 10.1. The lowest BCUT2D eigenvalue weighted by molar-refractivity contribution is -0.137. The normalized spacial score (nSPS) is 11.1. The molecule has 0 unspecified atom stereocenters. The summed E-state index contributed by atoms with van der Waals surface area (Å²) in [7, 11) is -4.18. The highest BCUT2D eigenvalue weighted by Gasteiger charge is 2.19. The van der Waals surface area contributed by atoms with Crippen molar-refractivity contribution in [2.45, 2.75) is 4.90 Å². The van der Waals surface area contributed by atoms with E-state index in [1.54, 1.807) is 0 Å². The number of carboxylic acids is 1. The second kappa shape index (κ2) is 6.64. The Bertz CT molecular complexity index is 635. The lowest BCUT2D eigenvalue weighted by Crippen LogP contribution is -2.39. The maximum absolute atomic E-state index is 13.0. The summed E-state index contributed by atoms with van der Waals surface area (Å²) in [5.41, 5.74) is 0. The number of nitrogens with one attached hydrogen (secondary N) is 2. The van der Waals surface area contributed by atoms with Gasteiger partial charge < -0.3 is 10.4 Å². The van der Waals surface area contributed by atoms with E-state index in [1.807, 2.05) is 10.0 Å². The van der Waals surface area contributed by atoms with Crippen LogP contribution in [-0.4, -0.2) is 38.5 Å². The van der Waals surface area contributed by atoms with Crippen molar-refractivity contribution in [3.8, 4) is 0 Å². The molecular formula is C10H10ClFN2O5S. The first-order valence-corrected chi connectivity index (χ1v) is 7.01. The molecule has 20 heavy (non-hydrogen) atoms. The zero-order valence-electron chi connectivity index (χ0n) is 9.89. The standard InChI is InChI=1S/C10H10ClFN2O5S/c11-7-2-1-6(12)3-8(7)20(18,19)14-4-9(15)13-5-10(16)17/h1-3,14H,4-5H2,(H,13,15)(H,16,17). The lowest BCUT2D eigenvalue weighted by atomic mass is 10.3. The summed E-state index contributed by atoms with van der Waals surface area (Å²) >= 11 is 5.63. The van der Waals surface area contributed by atoms with Gasteiger partial charge in [0.2, 0.25) is 15.9 Å². The fourth-order valence-corrected chi connectivity index (χ4v) is 2.65. The van der Waals surface area contributed by atoms with E-state index in [2.05, 4.69) is 0 Å². The number of rotatable bonds is 6. The van der Waals surface area contributed by atoms with E-state index in [0.29, 0.717) is 6.07 Å². The molecule has 0 aliphatic rings. The van der Waals surface area contributed by atoms with E-state index in [-0.39, 0.29) is 5.02 Å². The second-order valence-corrected chi connectivity index (χ2v) is 5.71. The van der Waals surface area contributed by atoms with Crippen LogP contribution < -0.4 is 10.0 Å². The molecule has 0 spiro atoms. The van der Waals surface area contributed by atoms with Crippen LogP contribution in [0.15, 0.2) is 23.1 Å². The van der Waals surface area contributed by atoms with Gasteiger partial charge in [0, 0.05) is 0 Å². The molecule has 0 heterocycles. The number of amides is 1. The van der Waals surface area contributed by atoms with Crippen molar-refractivity contribution in [2.24, 2.45) is 0 Å². The first-order chi connectivity index (χ1) is 9.22. The van der Waals surface area contributed by atoms with Crippen molar-refractivity contribution >= 4 is 33.5 Å². The van der Waals surface area contributed by atoms with E-state index >= 15 is 0 Å². The van der Waals surface area contributed by atoms with E-state index < -0.39 is 45.7 Å². The monoisotopic (exact) mass is 324 g/mol. The van der Waals surface area contributed by atoms with Gasteiger partial charge in [-0.1, -0.05) is 11.6 Å². The molecule has 0 saturated heterocycles. The molecule has 0 aliphatic heterocycles. The zero-order valence-corrected chi connectivity index (χ0v) is 11.5. The van der Waals surface area contributed by atoms with Crippen LogP contribution in [0.1, 0.15) is 0 Å². The number of sulfonamides is 1. The Labute approximate surface area is 118 Å². The molecule has 1 rings (SSSR count). The van der Waals surface area contributed by atoms with Crippen LogP contribution in [0, 0.1) is 5.82 Å². The molecule has 0 fully saturated rings. The van der Waals surface area contributed by atoms with Crippen LogP contribution >= 0.6 is 11.6 Å². The molecule has 0 saturated carbocycles. The number of hydrogen-bond acceptors (Lipinski definition) is 4. The Morgan fingerprint density at radius 1 is 1.30 bits per heavy atom. The number of aliphatic carboxylic acids is 1. The number of carboxylic acid groups (broad SMARTS) is 1. The van der Waals surface area contributed by atoms with Crippen LogP contribution in [0.3, 0.4) is 0 Å². The maximum atomic E-state index is 13.0. The molecule has 1 aromatic carbocycles. The molecule has 1 aromatic rings. The van der Waals surface area contributed by atoms with Crippen LogP contribution in [0.4, 0.5) is 4.39 Å². The fourth-order valence-electron chi connectivity index (χ4n) is 1.16. The predicted octanol–water partition coefficient (Wildman–Crippen LogP) is -0.0418. The van der Waals surface area contributed by atoms with Crippen molar-refractivity contribution in [3.63, 3.8) is 0 Å². The molecule has 0 aromatic heterocycles. The van der Waals surface area contributed by atoms with E-state index in [0.717, 1.165) is 12.1 Å². The minimum absolute atomic E-state index is 0.204. The highest BCUT2D eigenvalue weighted by atomic mass is 35.5. The van der Waals surface area contributed by atoms with Gasteiger partial charge in [0.05, 0.1) is 11.6 Å². The summed E-state index contributed by atoms with van der Waals surface area (Å²) in [6.07, 6.45) is 0. The van der Waals surface area contributed by atoms with Crippen molar-refractivity contribution in [2.75, 3.05) is 13.1 Å². The van der Waals surface area contributed by atoms with Crippen LogP contribution in [0.2, 0.25) is 5.02 Å². The van der Waals surface area contributed by atoms with Gasteiger partial charge in [-0.15, -0.1) is 0 Å². The van der Waals surface area contributed by atoms with Crippen molar-refractivity contribution in [1.29, 1.82) is 0 Å². The summed E-state index contributed by atoms with van der Waals surface area (Å²) < 4.78 is 38.5. The summed E-state index contributed by atoms with van der Waals surface area (Å²) in [6.45, 7) is -1.33. The Balaban J connectivity index is 2.73. The average molecular weight is 325 g/mol. The fraction of sp³-hybridized carbons (Fsp3) is 0.200. The largest absolute Gasteiger partial charge is 0.480 e. The Morgan fingerprint density at radius 3 is 2.55 bits per heavy atom. The van der Waals surface area contributed by atoms with Crippen molar-refractivity contribution in [3.05, 3.63) is 29.0 Å². The number of benzene rings is 1. The molecule has 3 N–H and O–H groups in total. The Kier molecular flexibility index (Phi) is 5.43. The topological polar surface area (TPSA) is 113 Å². The van der Waals surface area contributed by atoms with Gasteiger partial charge in [-0.2, -0.15) is 0 Å². The molecule has 0 aliphatic carbocycles. The molecule has 0 radical (unpaired) electrons. The highest BCUT2D eigenvalue weighted by molar-refractivity contribution is 7.89. The third-order valence-corrected chi connectivity index (χ3v) is 3.93. The van der Waals surface area contributed by atoms with Gasteiger partial charge in [0.25, 0.3) is 0 Å². The van der Waals surface area contributed by atoms with Gasteiger partial charge in [0.15, 0.2) is 0 Å². The average Bonchev–Trinajstić information content (AvgIpc) is 2.36. The first kappa shape index (κ1) is 16.3. The SMILES string of the molecule is O=C(O)CNC(=O)CNS(=O)(=O)c1cc(F)ccc1Cl. The quantitative estimate of drug-likeness (QED) is 0.679. The van der Waals surface area contributed by atoms with E-state index in [9.17, 15) is 22.4 Å². The number of carbonyl (C=O) groups excluding carboxylic acids is 1. The molecule has 0 atom stereocenters. The second-order valence-electron chi connectivity index (χ2n) is 3.57. The maximum Gasteiger partial charge on any atom is 0.322 e. The lowest BCUT2D eigenvalue weighted by Gasteiger charge is -2.08. The smallest absolute Gasteiger partial charge is 0.322 e. The van der Waals surface area contributed by atoms with Crippen LogP contribution in [0.5, 0.6) is 0 Å². The summed E-state index contributed by atoms with van der Waals surface area (Å²) in [4.78, 5) is 20.9. The predicted molar refractivity (Wildman–Crippen MR) is 67.2 cm³/mol. The van der Waals surface area contributed by atoms with Crippen molar-refractivity contribution in [1.82, 2.24) is 10.0 Å². The zero-order chi connectivity index (χ0) is 15.3. The third-order valence-electron chi connectivity index (χ3n) is 2.04. The Morgan fingerprint density at radius 2 is 1.95 bits per heavy atom. The van der Waals surface area contributed by atoms with Gasteiger partial charge in [0.1, 0.15) is 17.3 Å². The molecule has 10 heteroatoms. The minimum Gasteiger partial charge on any atom is -0.480 e. The summed E-state index contributed by atoms with van der Waals surface area (Å²) in [5.74, 6) is -2.91. The van der Waals surface area contributed by atoms with Crippen LogP contribution in [-0.2, 0) is 19.6 Å². The molecule has 110 valence electrons. The first-order valence-electron chi connectivity index (χ1n) is 5.15. The van der Waals surface area contributed by atoms with Gasteiger partial charge in [-0.25, -0.2) is 17.5 Å². The van der Waals surface area contributed by atoms with Gasteiger partial charge in [-0.3, -0.25) is 9.59 Å². The van der Waals surface area contributed by atoms with Gasteiger partial charge in [-0.05, 0) is 18.2 Å². The molecule has 7 nitrogen and oxygen atoms in total. The number of halogens is 2. The van der Waals surface area contributed by atoms with Crippen LogP contribution in [0.25, 0.3) is 0 Å². The highest BCUT2D eigenvalue weighted by Crippen LogP contribution is 2.21. The number of carbonyl (C=O) groups is 2. The summed E-state index contributed by atoms with van der Waals surface area (Å²) in [6, 6.07) is 2.76. The molecule has 0 bridgehead atoms. The Hall–Kier alpha value is -1.71. The number of hydrogen-bond donors (Lipinski definition) is 3. The third kappa shape index (κ3) is 4.76. The molecule has 1 amide bonds. The minimum atomic E-state index is -4.18. The van der Waals surface area contributed by atoms with E-state index in [4.69, 9.17) is 16.7 Å². The van der Waals surface area contributed by atoms with Crippen molar-refractivity contribution < 1.29 is 27.5 Å². The van der Waals surface area contributed by atoms with Gasteiger partial charge >= 0.3 is 5.97 Å².